The summed E-state index contributed by atoms with van der Waals surface area (Å²) in [6.45, 7) is 2.09. The van der Waals surface area contributed by atoms with Gasteiger partial charge in [-0.2, -0.15) is 0 Å². The van der Waals surface area contributed by atoms with E-state index in [0.717, 1.165) is 17.2 Å². The van der Waals surface area contributed by atoms with E-state index in [1.54, 1.807) is 0 Å². The van der Waals surface area contributed by atoms with Gasteiger partial charge in [-0.1, -0.05) is 59.3 Å². The molecular formula is C17H22BrClO. The van der Waals surface area contributed by atoms with Crippen LogP contribution in [0.3, 0.4) is 0 Å². The number of alkyl halides is 1. The maximum absolute atomic E-state index is 6.37. The smallest absolute Gasteiger partial charge is 0.124 e. The topological polar surface area (TPSA) is 9.23 Å². The number of aryl methyl sites for hydroxylation is 1. The molecule has 0 saturated heterocycles. The Hall–Kier alpha value is -0.210. The van der Waals surface area contributed by atoms with Gasteiger partial charge in [0.15, 0.2) is 0 Å². The zero-order valence-electron chi connectivity index (χ0n) is 12.0. The second-order valence-electron chi connectivity index (χ2n) is 6.37. The highest BCUT2D eigenvalue weighted by molar-refractivity contribution is 9.09. The molecule has 2 aliphatic rings. The molecule has 2 atom stereocenters. The fourth-order valence-electron chi connectivity index (χ4n) is 3.74. The SMILES string of the molecule is Cc1ccc(Cl)cc1OC1CC(Br)C12CCCCCC2. The molecule has 0 bridgehead atoms. The van der Waals surface area contributed by atoms with Gasteiger partial charge in [0.25, 0.3) is 0 Å². The molecule has 20 heavy (non-hydrogen) atoms. The molecule has 1 aromatic carbocycles. The highest BCUT2D eigenvalue weighted by Gasteiger charge is 2.55. The van der Waals surface area contributed by atoms with Crippen molar-refractivity contribution in [1.82, 2.24) is 0 Å². The lowest BCUT2D eigenvalue weighted by molar-refractivity contribution is -0.0465. The molecule has 1 aromatic rings. The molecule has 3 rings (SSSR count). The normalized spacial score (nSPS) is 28.8. The van der Waals surface area contributed by atoms with Gasteiger partial charge in [-0.3, -0.25) is 0 Å². The van der Waals surface area contributed by atoms with Crippen molar-refractivity contribution in [3.8, 4) is 5.75 Å². The summed E-state index contributed by atoms with van der Waals surface area (Å²) in [6, 6.07) is 5.93. The van der Waals surface area contributed by atoms with Crippen LogP contribution in [0.15, 0.2) is 18.2 Å². The monoisotopic (exact) mass is 356 g/mol. The molecular weight excluding hydrogens is 336 g/mol. The van der Waals surface area contributed by atoms with Gasteiger partial charge in [0.2, 0.25) is 0 Å². The van der Waals surface area contributed by atoms with Crippen molar-refractivity contribution in [2.24, 2.45) is 5.41 Å². The Morgan fingerprint density at radius 2 is 1.90 bits per heavy atom. The van der Waals surface area contributed by atoms with E-state index in [9.17, 15) is 0 Å². The zero-order valence-corrected chi connectivity index (χ0v) is 14.3. The summed E-state index contributed by atoms with van der Waals surface area (Å²) in [5.41, 5.74) is 1.53. The largest absolute Gasteiger partial charge is 0.489 e. The van der Waals surface area contributed by atoms with Crippen molar-refractivity contribution in [2.45, 2.75) is 62.8 Å². The lowest BCUT2D eigenvalue weighted by Gasteiger charge is -2.53. The van der Waals surface area contributed by atoms with Gasteiger partial charge in [0.05, 0.1) is 0 Å². The summed E-state index contributed by atoms with van der Waals surface area (Å²) in [5.74, 6) is 0.963. The number of benzene rings is 1. The van der Waals surface area contributed by atoms with E-state index in [4.69, 9.17) is 16.3 Å². The predicted octanol–water partition coefficient (Wildman–Crippen LogP) is 5.90. The van der Waals surface area contributed by atoms with Crippen LogP contribution in [0.25, 0.3) is 0 Å². The number of ether oxygens (including phenoxy) is 1. The molecule has 110 valence electrons. The van der Waals surface area contributed by atoms with E-state index in [2.05, 4.69) is 22.9 Å². The Kier molecular flexibility index (Phi) is 4.33. The van der Waals surface area contributed by atoms with Crippen LogP contribution in [0.2, 0.25) is 5.02 Å². The summed E-state index contributed by atoms with van der Waals surface area (Å²) in [4.78, 5) is 0.623. The highest BCUT2D eigenvalue weighted by atomic mass is 79.9. The summed E-state index contributed by atoms with van der Waals surface area (Å²) < 4.78 is 6.37. The minimum absolute atomic E-state index is 0.349. The maximum atomic E-state index is 6.37. The average molecular weight is 358 g/mol. The van der Waals surface area contributed by atoms with Crippen molar-refractivity contribution >= 4 is 27.5 Å². The van der Waals surface area contributed by atoms with Crippen molar-refractivity contribution < 1.29 is 4.74 Å². The summed E-state index contributed by atoms with van der Waals surface area (Å²) in [6.07, 6.45) is 9.51. The fourth-order valence-corrected chi connectivity index (χ4v) is 4.99. The van der Waals surface area contributed by atoms with Crippen molar-refractivity contribution in [3.63, 3.8) is 0 Å². The van der Waals surface area contributed by atoms with Crippen LogP contribution in [0.4, 0.5) is 0 Å². The first-order chi connectivity index (χ1) is 9.62. The molecule has 0 amide bonds. The molecule has 3 heteroatoms. The molecule has 1 nitrogen and oxygen atoms in total. The first-order valence-corrected chi connectivity index (χ1v) is 8.98. The fraction of sp³-hybridized carbons (Fsp3) is 0.647. The Morgan fingerprint density at radius 1 is 1.20 bits per heavy atom. The third-order valence-electron chi connectivity index (χ3n) is 5.14. The minimum Gasteiger partial charge on any atom is -0.489 e. The average Bonchev–Trinajstić information content (AvgIpc) is 2.70. The summed E-state index contributed by atoms with van der Waals surface area (Å²) in [5, 5.41) is 0.759. The van der Waals surface area contributed by atoms with Crippen LogP contribution in [-0.4, -0.2) is 10.9 Å². The van der Waals surface area contributed by atoms with Gasteiger partial charge < -0.3 is 4.74 Å². The zero-order chi connectivity index (χ0) is 14.2. The van der Waals surface area contributed by atoms with Gasteiger partial charge in [-0.15, -0.1) is 0 Å². The molecule has 1 spiro atoms. The first-order valence-electron chi connectivity index (χ1n) is 7.69. The van der Waals surface area contributed by atoms with Crippen LogP contribution in [0, 0.1) is 12.3 Å². The Labute approximate surface area is 135 Å². The van der Waals surface area contributed by atoms with E-state index in [-0.39, 0.29) is 0 Å². The molecule has 0 radical (unpaired) electrons. The Bertz CT molecular complexity index is 480. The predicted molar refractivity (Wildman–Crippen MR) is 88.1 cm³/mol. The summed E-state index contributed by atoms with van der Waals surface area (Å²) >= 11 is 10.00. The second-order valence-corrected chi connectivity index (χ2v) is 7.91. The third kappa shape index (κ3) is 2.62. The van der Waals surface area contributed by atoms with Crippen molar-refractivity contribution in [3.05, 3.63) is 28.8 Å². The lowest BCUT2D eigenvalue weighted by Crippen LogP contribution is -2.56. The van der Waals surface area contributed by atoms with Gasteiger partial charge in [0, 0.05) is 15.3 Å². The van der Waals surface area contributed by atoms with E-state index >= 15 is 0 Å². The summed E-state index contributed by atoms with van der Waals surface area (Å²) in [7, 11) is 0. The van der Waals surface area contributed by atoms with Gasteiger partial charge in [0.1, 0.15) is 11.9 Å². The van der Waals surface area contributed by atoms with E-state index in [0.29, 0.717) is 16.3 Å². The van der Waals surface area contributed by atoms with Crippen LogP contribution < -0.4 is 4.74 Å². The van der Waals surface area contributed by atoms with Crippen LogP contribution in [0.1, 0.15) is 50.5 Å². The number of hydrogen-bond acceptors (Lipinski definition) is 1. The molecule has 2 fully saturated rings. The van der Waals surface area contributed by atoms with E-state index in [1.165, 1.54) is 44.1 Å². The number of rotatable bonds is 2. The Balaban J connectivity index is 1.78. The van der Waals surface area contributed by atoms with E-state index < -0.39 is 0 Å². The van der Waals surface area contributed by atoms with Crippen molar-refractivity contribution in [2.75, 3.05) is 0 Å². The number of hydrogen-bond donors (Lipinski definition) is 0. The molecule has 2 saturated carbocycles. The van der Waals surface area contributed by atoms with Crippen LogP contribution in [-0.2, 0) is 0 Å². The minimum atomic E-state index is 0.349. The van der Waals surface area contributed by atoms with Crippen LogP contribution in [0.5, 0.6) is 5.75 Å². The Morgan fingerprint density at radius 3 is 2.55 bits per heavy atom. The van der Waals surface area contributed by atoms with Gasteiger partial charge in [-0.05, 0) is 43.9 Å². The number of halogens is 2. The van der Waals surface area contributed by atoms with Gasteiger partial charge >= 0.3 is 0 Å². The third-order valence-corrected chi connectivity index (χ3v) is 6.66. The molecule has 0 aliphatic heterocycles. The molecule has 0 aromatic heterocycles. The maximum Gasteiger partial charge on any atom is 0.124 e. The van der Waals surface area contributed by atoms with Gasteiger partial charge in [-0.25, -0.2) is 0 Å². The quantitative estimate of drug-likeness (QED) is 0.598. The van der Waals surface area contributed by atoms with Crippen molar-refractivity contribution in [1.29, 1.82) is 0 Å². The van der Waals surface area contributed by atoms with Crippen LogP contribution >= 0.6 is 27.5 Å². The molecule has 2 aliphatic carbocycles. The molecule has 0 N–H and O–H groups in total. The van der Waals surface area contributed by atoms with E-state index in [1.807, 2.05) is 18.2 Å². The highest BCUT2D eigenvalue weighted by Crippen LogP contribution is 2.55. The lowest BCUT2D eigenvalue weighted by atomic mass is 9.61. The standard InChI is InChI=1S/C17H22BrClO/c1-12-6-7-13(19)10-14(12)20-16-11-15(18)17(16)8-4-2-3-5-9-17/h6-7,10,15-16H,2-5,8-9,11H2,1H3. The molecule has 0 heterocycles. The first kappa shape index (κ1) is 14.7. The second kappa shape index (κ2) is 5.88. The molecule has 2 unspecified atom stereocenters.